The van der Waals surface area contributed by atoms with Gasteiger partial charge in [-0.25, -0.2) is 4.98 Å². The summed E-state index contributed by atoms with van der Waals surface area (Å²) in [4.78, 5) is 4.81. The Morgan fingerprint density at radius 3 is 2.74 bits per heavy atom. The fourth-order valence-electron chi connectivity index (χ4n) is 2.73. The number of benzene rings is 2. The molecule has 2 heterocycles. The van der Waals surface area contributed by atoms with E-state index in [9.17, 15) is 0 Å². The van der Waals surface area contributed by atoms with Gasteiger partial charge >= 0.3 is 0 Å². The quantitative estimate of drug-likeness (QED) is 0.682. The van der Waals surface area contributed by atoms with Gasteiger partial charge in [-0.3, -0.25) is 4.57 Å². The molecule has 2 aromatic carbocycles. The van der Waals surface area contributed by atoms with Crippen molar-refractivity contribution in [3.63, 3.8) is 0 Å². The fourth-order valence-corrected chi connectivity index (χ4v) is 3.82. The SMILES string of the molecule is c1ccc(-n2c(SC[C@@H]3CCOCO3)nc3ccccc32)cc1. The number of hydrogen-bond donors (Lipinski definition) is 0. The zero-order valence-corrected chi connectivity index (χ0v) is 13.5. The van der Waals surface area contributed by atoms with Gasteiger partial charge in [0, 0.05) is 11.4 Å². The highest BCUT2D eigenvalue weighted by Gasteiger charge is 2.18. The molecule has 0 amide bonds. The van der Waals surface area contributed by atoms with Crippen LogP contribution in [0.25, 0.3) is 16.7 Å². The Labute approximate surface area is 139 Å². The van der Waals surface area contributed by atoms with Crippen LogP contribution in [-0.4, -0.2) is 34.8 Å². The number of ether oxygens (including phenoxy) is 2. The number of thioether (sulfide) groups is 1. The summed E-state index contributed by atoms with van der Waals surface area (Å²) in [5.74, 6) is 0.888. The first kappa shape index (κ1) is 14.8. The Hall–Kier alpha value is -1.82. The molecule has 1 aliphatic rings. The molecule has 4 rings (SSSR count). The standard InChI is InChI=1S/C18H18N2O2S/c1-2-6-14(7-3-1)20-17-9-5-4-8-16(17)19-18(20)23-12-15-10-11-21-13-22-15/h1-9,15H,10-13H2/t15-/m0/s1. The Kier molecular flexibility index (Phi) is 4.33. The topological polar surface area (TPSA) is 36.3 Å². The van der Waals surface area contributed by atoms with Crippen molar-refractivity contribution < 1.29 is 9.47 Å². The highest BCUT2D eigenvalue weighted by atomic mass is 32.2. The van der Waals surface area contributed by atoms with Gasteiger partial charge in [0.25, 0.3) is 0 Å². The molecule has 0 radical (unpaired) electrons. The van der Waals surface area contributed by atoms with Crippen LogP contribution in [0.5, 0.6) is 0 Å². The van der Waals surface area contributed by atoms with E-state index in [0.717, 1.165) is 40.7 Å². The van der Waals surface area contributed by atoms with Crippen LogP contribution in [0.1, 0.15) is 6.42 Å². The molecule has 4 nitrogen and oxygen atoms in total. The summed E-state index contributed by atoms with van der Waals surface area (Å²) in [6.07, 6.45) is 1.18. The summed E-state index contributed by atoms with van der Waals surface area (Å²) in [7, 11) is 0. The number of hydrogen-bond acceptors (Lipinski definition) is 4. The van der Waals surface area contributed by atoms with Gasteiger partial charge in [-0.15, -0.1) is 0 Å². The second kappa shape index (κ2) is 6.74. The van der Waals surface area contributed by atoms with Gasteiger partial charge in [0.05, 0.1) is 23.7 Å². The summed E-state index contributed by atoms with van der Waals surface area (Å²) in [5.41, 5.74) is 3.29. The monoisotopic (exact) mass is 326 g/mol. The molecule has 0 spiro atoms. The van der Waals surface area contributed by atoms with Gasteiger partial charge in [0.15, 0.2) is 5.16 Å². The molecule has 0 saturated carbocycles. The Balaban J connectivity index is 1.67. The van der Waals surface area contributed by atoms with E-state index in [2.05, 4.69) is 47.0 Å². The van der Waals surface area contributed by atoms with Crippen molar-refractivity contribution in [2.75, 3.05) is 19.2 Å². The second-order valence-electron chi connectivity index (χ2n) is 5.47. The molecule has 5 heteroatoms. The predicted molar refractivity (Wildman–Crippen MR) is 92.1 cm³/mol. The van der Waals surface area contributed by atoms with Crippen molar-refractivity contribution >= 4 is 22.8 Å². The predicted octanol–water partition coefficient (Wildman–Crippen LogP) is 3.88. The van der Waals surface area contributed by atoms with Crippen LogP contribution in [0.15, 0.2) is 59.8 Å². The zero-order valence-electron chi connectivity index (χ0n) is 12.7. The minimum absolute atomic E-state index is 0.234. The average molecular weight is 326 g/mol. The average Bonchev–Trinajstić information content (AvgIpc) is 3.00. The van der Waals surface area contributed by atoms with Crippen molar-refractivity contribution in [1.82, 2.24) is 9.55 Å². The van der Waals surface area contributed by atoms with Crippen LogP contribution in [0, 0.1) is 0 Å². The van der Waals surface area contributed by atoms with Gasteiger partial charge in [-0.05, 0) is 30.7 Å². The first-order valence-corrected chi connectivity index (χ1v) is 8.75. The van der Waals surface area contributed by atoms with E-state index in [0.29, 0.717) is 6.79 Å². The molecule has 0 bridgehead atoms. The molecular formula is C18H18N2O2S. The minimum Gasteiger partial charge on any atom is -0.355 e. The maximum atomic E-state index is 5.64. The van der Waals surface area contributed by atoms with Crippen LogP contribution < -0.4 is 0 Å². The largest absolute Gasteiger partial charge is 0.355 e. The van der Waals surface area contributed by atoms with Crippen LogP contribution in [0.4, 0.5) is 0 Å². The Morgan fingerprint density at radius 1 is 1.09 bits per heavy atom. The lowest BCUT2D eigenvalue weighted by Crippen LogP contribution is -2.25. The maximum Gasteiger partial charge on any atom is 0.173 e. The normalized spacial score (nSPS) is 18.3. The van der Waals surface area contributed by atoms with Gasteiger partial charge < -0.3 is 9.47 Å². The lowest BCUT2D eigenvalue weighted by molar-refractivity contribution is -0.130. The Bertz CT molecular complexity index is 782. The van der Waals surface area contributed by atoms with E-state index in [1.165, 1.54) is 0 Å². The molecular weight excluding hydrogens is 308 g/mol. The number of rotatable bonds is 4. The molecule has 1 aliphatic heterocycles. The smallest absolute Gasteiger partial charge is 0.173 e. The van der Waals surface area contributed by atoms with E-state index < -0.39 is 0 Å². The Morgan fingerprint density at radius 2 is 1.91 bits per heavy atom. The van der Waals surface area contributed by atoms with E-state index in [-0.39, 0.29) is 6.10 Å². The third-order valence-electron chi connectivity index (χ3n) is 3.91. The van der Waals surface area contributed by atoms with Gasteiger partial charge in [0.1, 0.15) is 6.79 Å². The summed E-state index contributed by atoms with van der Waals surface area (Å²) >= 11 is 1.75. The number of imidazole rings is 1. The highest BCUT2D eigenvalue weighted by molar-refractivity contribution is 7.99. The van der Waals surface area contributed by atoms with Gasteiger partial charge in [0.2, 0.25) is 0 Å². The molecule has 1 fully saturated rings. The third-order valence-corrected chi connectivity index (χ3v) is 4.98. The molecule has 0 N–H and O–H groups in total. The molecule has 1 saturated heterocycles. The molecule has 1 atom stereocenters. The van der Waals surface area contributed by atoms with Crippen LogP contribution in [0.2, 0.25) is 0 Å². The second-order valence-corrected chi connectivity index (χ2v) is 6.46. The summed E-state index contributed by atoms with van der Waals surface area (Å²) in [6, 6.07) is 18.6. The third kappa shape index (κ3) is 3.13. The van der Waals surface area contributed by atoms with E-state index >= 15 is 0 Å². The van der Waals surface area contributed by atoms with Gasteiger partial charge in [-0.1, -0.05) is 42.1 Å². The van der Waals surface area contributed by atoms with E-state index in [1.807, 2.05) is 12.1 Å². The number of nitrogens with zero attached hydrogens (tertiary/aromatic N) is 2. The summed E-state index contributed by atoms with van der Waals surface area (Å²) in [6.45, 7) is 1.18. The fraction of sp³-hybridized carbons (Fsp3) is 0.278. The summed E-state index contributed by atoms with van der Waals surface area (Å²) in [5, 5.41) is 1.01. The lowest BCUT2D eigenvalue weighted by atomic mass is 10.3. The van der Waals surface area contributed by atoms with Crippen LogP contribution in [0.3, 0.4) is 0 Å². The van der Waals surface area contributed by atoms with Crippen molar-refractivity contribution in [3.05, 3.63) is 54.6 Å². The molecule has 3 aromatic rings. The summed E-state index contributed by atoms with van der Waals surface area (Å²) < 4.78 is 13.1. The molecule has 118 valence electrons. The maximum absolute atomic E-state index is 5.64. The first-order valence-electron chi connectivity index (χ1n) is 7.77. The first-order chi connectivity index (χ1) is 11.4. The zero-order chi connectivity index (χ0) is 15.5. The van der Waals surface area contributed by atoms with Crippen molar-refractivity contribution in [1.29, 1.82) is 0 Å². The van der Waals surface area contributed by atoms with Crippen molar-refractivity contribution in [3.8, 4) is 5.69 Å². The van der Waals surface area contributed by atoms with Crippen molar-refractivity contribution in [2.45, 2.75) is 17.7 Å². The molecule has 23 heavy (non-hydrogen) atoms. The highest BCUT2D eigenvalue weighted by Crippen LogP contribution is 2.29. The van der Waals surface area contributed by atoms with E-state index in [4.69, 9.17) is 14.5 Å². The number of para-hydroxylation sites is 3. The van der Waals surface area contributed by atoms with Crippen molar-refractivity contribution in [2.24, 2.45) is 0 Å². The lowest BCUT2D eigenvalue weighted by Gasteiger charge is -2.22. The number of aromatic nitrogens is 2. The molecule has 0 unspecified atom stereocenters. The van der Waals surface area contributed by atoms with Crippen LogP contribution in [-0.2, 0) is 9.47 Å². The number of fused-ring (bicyclic) bond motifs is 1. The molecule has 0 aliphatic carbocycles. The minimum atomic E-state index is 0.234. The molecule has 1 aromatic heterocycles. The van der Waals surface area contributed by atoms with Gasteiger partial charge in [-0.2, -0.15) is 0 Å². The van der Waals surface area contributed by atoms with Crippen LogP contribution >= 0.6 is 11.8 Å². The van der Waals surface area contributed by atoms with E-state index in [1.54, 1.807) is 11.8 Å².